The summed E-state index contributed by atoms with van der Waals surface area (Å²) in [6.45, 7) is 0.513. The van der Waals surface area contributed by atoms with E-state index in [0.29, 0.717) is 13.0 Å². The van der Waals surface area contributed by atoms with Crippen LogP contribution in [-0.4, -0.2) is 58.5 Å². The number of likely N-dealkylation sites (N-methyl/N-ethyl adjacent to an activating group) is 1. The van der Waals surface area contributed by atoms with Crippen LogP contribution in [0.5, 0.6) is 0 Å². The molecule has 108 valence electrons. The van der Waals surface area contributed by atoms with E-state index >= 15 is 0 Å². The Morgan fingerprint density at radius 1 is 1.35 bits per heavy atom. The first-order valence-electron chi connectivity index (χ1n) is 6.12. The number of hydrogen-bond donors (Lipinski definition) is 0. The van der Waals surface area contributed by atoms with Crippen molar-refractivity contribution in [3.63, 3.8) is 0 Å². The van der Waals surface area contributed by atoms with E-state index in [0.717, 1.165) is 6.42 Å². The quantitative estimate of drug-likeness (QED) is 0.828. The van der Waals surface area contributed by atoms with Gasteiger partial charge in [-0.2, -0.15) is 0 Å². The summed E-state index contributed by atoms with van der Waals surface area (Å²) in [6.07, 6.45) is 1.42. The van der Waals surface area contributed by atoms with Crippen molar-refractivity contribution in [3.05, 3.63) is 21.9 Å². The Balaban J connectivity index is 2.28. The van der Waals surface area contributed by atoms with Crippen LogP contribution in [-0.2, 0) is 4.79 Å². The molecule has 0 aliphatic carbocycles. The van der Waals surface area contributed by atoms with Gasteiger partial charge in [0.15, 0.2) is 10.3 Å². The molecule has 1 unspecified atom stereocenters. The molecule has 1 atom stereocenters. The molecular formula is C12H14Cl2N4O2. The molecule has 2 rings (SSSR count). The Hall–Kier alpha value is -1.40. The second-order valence-electron chi connectivity index (χ2n) is 4.76. The molecule has 6 nitrogen and oxygen atoms in total. The highest BCUT2D eigenvalue weighted by Crippen LogP contribution is 2.24. The van der Waals surface area contributed by atoms with Crippen LogP contribution in [0.4, 0.5) is 0 Å². The molecule has 0 spiro atoms. The van der Waals surface area contributed by atoms with E-state index in [-0.39, 0.29) is 27.7 Å². The maximum absolute atomic E-state index is 12.5. The van der Waals surface area contributed by atoms with Crippen LogP contribution < -0.4 is 0 Å². The highest BCUT2D eigenvalue weighted by Gasteiger charge is 2.36. The summed E-state index contributed by atoms with van der Waals surface area (Å²) in [4.78, 5) is 27.6. The number of carbonyl (C=O) groups is 2. The van der Waals surface area contributed by atoms with Crippen LogP contribution in [0, 0.1) is 0 Å². The van der Waals surface area contributed by atoms with Gasteiger partial charge in [-0.25, -0.2) is 0 Å². The minimum absolute atomic E-state index is 0.0117. The third-order valence-electron chi connectivity index (χ3n) is 3.19. The molecule has 0 bridgehead atoms. The van der Waals surface area contributed by atoms with Gasteiger partial charge in [0.1, 0.15) is 6.04 Å². The molecule has 20 heavy (non-hydrogen) atoms. The van der Waals surface area contributed by atoms with Crippen LogP contribution in [0.2, 0.25) is 10.3 Å². The number of rotatable bonds is 2. The fourth-order valence-electron chi connectivity index (χ4n) is 2.22. The Kier molecular flexibility index (Phi) is 4.45. The van der Waals surface area contributed by atoms with Crippen molar-refractivity contribution in [2.75, 3.05) is 20.6 Å². The molecule has 0 aromatic carbocycles. The van der Waals surface area contributed by atoms with Gasteiger partial charge in [-0.1, -0.05) is 23.2 Å². The van der Waals surface area contributed by atoms with E-state index in [1.54, 1.807) is 14.1 Å². The fraction of sp³-hybridized carbons (Fsp3) is 0.500. The monoisotopic (exact) mass is 316 g/mol. The average Bonchev–Trinajstić information content (AvgIpc) is 2.88. The number of halogens is 2. The lowest BCUT2D eigenvalue weighted by molar-refractivity contribution is -0.132. The molecular weight excluding hydrogens is 303 g/mol. The molecule has 2 heterocycles. The molecule has 0 saturated carbocycles. The lowest BCUT2D eigenvalue weighted by Gasteiger charge is -2.26. The van der Waals surface area contributed by atoms with Crippen LogP contribution in [0.3, 0.4) is 0 Å². The van der Waals surface area contributed by atoms with E-state index < -0.39 is 6.04 Å². The summed E-state index contributed by atoms with van der Waals surface area (Å²) in [6, 6.07) is 0.912. The molecule has 1 aromatic rings. The Morgan fingerprint density at radius 3 is 2.70 bits per heavy atom. The topological polar surface area (TPSA) is 66.4 Å². The number of carbonyl (C=O) groups excluding carboxylic acids is 2. The standard InChI is InChI=1S/C12H14Cl2N4O2/c1-17(2)12(20)8-4-3-5-18(8)11(19)7-6-9(13)15-16-10(7)14/h6,8H,3-5H2,1-2H3. The molecule has 0 radical (unpaired) electrons. The molecule has 1 saturated heterocycles. The largest absolute Gasteiger partial charge is 0.347 e. The van der Waals surface area contributed by atoms with Crippen molar-refractivity contribution in [1.29, 1.82) is 0 Å². The van der Waals surface area contributed by atoms with Crippen molar-refractivity contribution in [2.24, 2.45) is 0 Å². The van der Waals surface area contributed by atoms with Gasteiger partial charge in [-0.05, 0) is 18.9 Å². The Morgan fingerprint density at radius 2 is 2.05 bits per heavy atom. The van der Waals surface area contributed by atoms with Crippen LogP contribution in [0.25, 0.3) is 0 Å². The summed E-state index contributed by atoms with van der Waals surface area (Å²) in [5.74, 6) is -0.440. The van der Waals surface area contributed by atoms with Gasteiger partial charge < -0.3 is 9.80 Å². The lowest BCUT2D eigenvalue weighted by atomic mass is 10.2. The van der Waals surface area contributed by atoms with E-state index in [1.807, 2.05) is 0 Å². The van der Waals surface area contributed by atoms with Gasteiger partial charge in [-0.3, -0.25) is 9.59 Å². The lowest BCUT2D eigenvalue weighted by Crippen LogP contribution is -2.45. The first-order valence-corrected chi connectivity index (χ1v) is 6.88. The zero-order chi connectivity index (χ0) is 14.9. The second kappa shape index (κ2) is 5.93. The number of amides is 2. The Bertz CT molecular complexity index is 550. The van der Waals surface area contributed by atoms with Crippen molar-refractivity contribution < 1.29 is 9.59 Å². The van der Waals surface area contributed by atoms with E-state index in [2.05, 4.69) is 10.2 Å². The minimum Gasteiger partial charge on any atom is -0.347 e. The smallest absolute Gasteiger partial charge is 0.257 e. The molecule has 1 aliphatic heterocycles. The fourth-order valence-corrected chi connectivity index (χ4v) is 2.54. The van der Waals surface area contributed by atoms with Crippen molar-refractivity contribution in [1.82, 2.24) is 20.0 Å². The summed E-state index contributed by atoms with van der Waals surface area (Å²) in [5, 5.41) is 7.26. The molecule has 8 heteroatoms. The minimum atomic E-state index is -0.458. The van der Waals surface area contributed by atoms with Crippen LogP contribution in [0.1, 0.15) is 23.2 Å². The van der Waals surface area contributed by atoms with E-state index in [4.69, 9.17) is 23.2 Å². The molecule has 1 aromatic heterocycles. The second-order valence-corrected chi connectivity index (χ2v) is 5.51. The Labute approximate surface area is 126 Å². The SMILES string of the molecule is CN(C)C(=O)C1CCCN1C(=O)c1cc(Cl)nnc1Cl. The van der Waals surface area contributed by atoms with Crippen molar-refractivity contribution >= 4 is 35.0 Å². The predicted molar refractivity (Wildman–Crippen MR) is 74.8 cm³/mol. The molecule has 2 amide bonds. The highest BCUT2D eigenvalue weighted by atomic mass is 35.5. The van der Waals surface area contributed by atoms with E-state index in [1.165, 1.54) is 15.9 Å². The number of nitrogens with zero attached hydrogens (tertiary/aromatic N) is 4. The summed E-state index contributed by atoms with van der Waals surface area (Å²) >= 11 is 11.6. The van der Waals surface area contributed by atoms with Crippen molar-refractivity contribution in [3.8, 4) is 0 Å². The molecule has 1 fully saturated rings. The zero-order valence-corrected chi connectivity index (χ0v) is 12.6. The first kappa shape index (κ1) is 15.0. The number of aromatic nitrogens is 2. The van der Waals surface area contributed by atoms with Gasteiger partial charge in [0.25, 0.3) is 5.91 Å². The van der Waals surface area contributed by atoms with Crippen molar-refractivity contribution in [2.45, 2.75) is 18.9 Å². The van der Waals surface area contributed by atoms with E-state index in [9.17, 15) is 9.59 Å². The normalized spacial score (nSPS) is 18.2. The van der Waals surface area contributed by atoms with Gasteiger partial charge in [0, 0.05) is 20.6 Å². The first-order chi connectivity index (χ1) is 9.41. The zero-order valence-electron chi connectivity index (χ0n) is 11.1. The third-order valence-corrected chi connectivity index (χ3v) is 3.65. The number of likely N-dealkylation sites (tertiary alicyclic amines) is 1. The third kappa shape index (κ3) is 2.86. The summed E-state index contributed by atoms with van der Waals surface area (Å²) < 4.78 is 0. The van der Waals surface area contributed by atoms with Gasteiger partial charge in [0.2, 0.25) is 5.91 Å². The van der Waals surface area contributed by atoms with Crippen LogP contribution in [0.15, 0.2) is 6.07 Å². The summed E-state index contributed by atoms with van der Waals surface area (Å²) in [5.41, 5.74) is 0.171. The predicted octanol–water partition coefficient (Wildman–Crippen LogP) is 1.48. The van der Waals surface area contributed by atoms with Crippen LogP contribution >= 0.6 is 23.2 Å². The molecule has 1 aliphatic rings. The maximum atomic E-state index is 12.5. The highest BCUT2D eigenvalue weighted by molar-refractivity contribution is 6.34. The van der Waals surface area contributed by atoms with Gasteiger partial charge >= 0.3 is 0 Å². The maximum Gasteiger partial charge on any atom is 0.257 e. The van der Waals surface area contributed by atoms with Gasteiger partial charge in [-0.15, -0.1) is 10.2 Å². The number of hydrogen-bond acceptors (Lipinski definition) is 4. The summed E-state index contributed by atoms with van der Waals surface area (Å²) in [7, 11) is 3.34. The molecule has 0 N–H and O–H groups in total. The van der Waals surface area contributed by atoms with Gasteiger partial charge in [0.05, 0.1) is 5.56 Å². The average molecular weight is 317 g/mol.